The van der Waals surface area contributed by atoms with Gasteiger partial charge in [0.2, 0.25) is 5.91 Å². The maximum Gasteiger partial charge on any atom is 0.239 e. The van der Waals surface area contributed by atoms with E-state index in [-0.39, 0.29) is 12.5 Å². The van der Waals surface area contributed by atoms with Crippen LogP contribution in [0.2, 0.25) is 0 Å². The van der Waals surface area contributed by atoms with Crippen LogP contribution in [-0.2, 0) is 16.0 Å². The molecule has 0 radical (unpaired) electrons. The van der Waals surface area contributed by atoms with E-state index in [4.69, 9.17) is 4.74 Å². The SMILES string of the molecule is CCC(CC)C(CNC(=NC)NCC(=O)NCCc1ccccc1)N1CCOCC1. The summed E-state index contributed by atoms with van der Waals surface area (Å²) in [5.74, 6) is 1.26. The Hall–Kier alpha value is -2.12. The number of guanidine groups is 1. The Morgan fingerprint density at radius 2 is 1.80 bits per heavy atom. The Morgan fingerprint density at radius 1 is 1.10 bits per heavy atom. The normalized spacial score (nSPS) is 16.3. The summed E-state index contributed by atoms with van der Waals surface area (Å²) in [4.78, 5) is 19.0. The van der Waals surface area contributed by atoms with E-state index in [1.807, 2.05) is 18.2 Å². The van der Waals surface area contributed by atoms with Gasteiger partial charge in [0.1, 0.15) is 0 Å². The highest BCUT2D eigenvalue weighted by Crippen LogP contribution is 2.19. The summed E-state index contributed by atoms with van der Waals surface area (Å²) in [5.41, 5.74) is 1.22. The van der Waals surface area contributed by atoms with Crippen LogP contribution in [0.5, 0.6) is 0 Å². The molecule has 1 atom stereocenters. The van der Waals surface area contributed by atoms with Crippen molar-refractivity contribution in [1.29, 1.82) is 0 Å². The van der Waals surface area contributed by atoms with Crippen LogP contribution in [0.1, 0.15) is 32.3 Å². The number of ether oxygens (including phenoxy) is 1. The summed E-state index contributed by atoms with van der Waals surface area (Å²) >= 11 is 0. The van der Waals surface area contributed by atoms with Crippen LogP contribution in [0.4, 0.5) is 0 Å². The molecule has 0 spiro atoms. The lowest BCUT2D eigenvalue weighted by Crippen LogP contribution is -2.54. The lowest BCUT2D eigenvalue weighted by atomic mass is 9.92. The van der Waals surface area contributed by atoms with E-state index in [1.165, 1.54) is 5.56 Å². The molecular weight excluding hydrogens is 378 g/mol. The first-order valence-corrected chi connectivity index (χ1v) is 11.2. The maximum absolute atomic E-state index is 12.2. The lowest BCUT2D eigenvalue weighted by molar-refractivity contribution is -0.119. The van der Waals surface area contributed by atoms with Crippen LogP contribution < -0.4 is 16.0 Å². The Labute approximate surface area is 181 Å². The van der Waals surface area contributed by atoms with Gasteiger partial charge in [0.05, 0.1) is 19.8 Å². The third-order valence-electron chi connectivity index (χ3n) is 5.80. The van der Waals surface area contributed by atoms with E-state index in [1.54, 1.807) is 7.05 Å². The molecule has 2 rings (SSSR count). The third kappa shape index (κ3) is 8.32. The Morgan fingerprint density at radius 3 is 2.43 bits per heavy atom. The molecule has 0 bridgehead atoms. The van der Waals surface area contributed by atoms with E-state index < -0.39 is 0 Å². The van der Waals surface area contributed by atoms with Gasteiger partial charge in [0.25, 0.3) is 0 Å². The summed E-state index contributed by atoms with van der Waals surface area (Å²) in [5, 5.41) is 9.52. The highest BCUT2D eigenvalue weighted by atomic mass is 16.5. The van der Waals surface area contributed by atoms with Gasteiger partial charge in [0, 0.05) is 39.3 Å². The minimum absolute atomic E-state index is 0.0291. The summed E-state index contributed by atoms with van der Waals surface area (Å²) < 4.78 is 5.53. The van der Waals surface area contributed by atoms with Gasteiger partial charge < -0.3 is 20.7 Å². The van der Waals surface area contributed by atoms with Crippen LogP contribution in [0.3, 0.4) is 0 Å². The van der Waals surface area contributed by atoms with Crippen molar-refractivity contribution in [3.63, 3.8) is 0 Å². The molecule has 1 unspecified atom stereocenters. The van der Waals surface area contributed by atoms with Crippen LogP contribution in [0.25, 0.3) is 0 Å². The summed E-state index contributed by atoms with van der Waals surface area (Å²) in [6.45, 7) is 9.70. The third-order valence-corrected chi connectivity index (χ3v) is 5.80. The quantitative estimate of drug-likeness (QED) is 0.377. The van der Waals surface area contributed by atoms with Gasteiger partial charge in [0.15, 0.2) is 5.96 Å². The Kier molecular flexibility index (Phi) is 11.3. The number of morpholine rings is 1. The van der Waals surface area contributed by atoms with Crippen molar-refractivity contribution in [1.82, 2.24) is 20.9 Å². The van der Waals surface area contributed by atoms with Crippen molar-refractivity contribution in [2.24, 2.45) is 10.9 Å². The molecule has 1 heterocycles. The Bertz CT molecular complexity index is 628. The van der Waals surface area contributed by atoms with Crippen LogP contribution >= 0.6 is 0 Å². The lowest BCUT2D eigenvalue weighted by Gasteiger charge is -2.39. The van der Waals surface area contributed by atoms with Gasteiger partial charge in [-0.15, -0.1) is 0 Å². The van der Waals surface area contributed by atoms with E-state index >= 15 is 0 Å². The monoisotopic (exact) mass is 417 g/mol. The van der Waals surface area contributed by atoms with Crippen molar-refractivity contribution in [2.45, 2.75) is 39.2 Å². The van der Waals surface area contributed by atoms with Gasteiger partial charge in [-0.25, -0.2) is 0 Å². The molecule has 0 aromatic heterocycles. The molecule has 0 aliphatic carbocycles. The van der Waals surface area contributed by atoms with Gasteiger partial charge in [-0.3, -0.25) is 14.7 Å². The first-order chi connectivity index (χ1) is 14.7. The standard InChI is InChI=1S/C23H39N5O2/c1-4-20(5-2)21(28-13-15-30-16-14-28)17-26-23(24-3)27-18-22(29)25-12-11-19-9-7-6-8-10-19/h6-10,20-21H,4-5,11-18H2,1-3H3,(H,25,29)(H2,24,26,27). The van der Waals surface area contributed by atoms with Crippen molar-refractivity contribution in [2.75, 3.05) is 53.0 Å². The second-order valence-corrected chi connectivity index (χ2v) is 7.68. The van der Waals surface area contributed by atoms with Crippen LogP contribution in [0, 0.1) is 5.92 Å². The molecular formula is C23H39N5O2. The number of benzene rings is 1. The summed E-state index contributed by atoms with van der Waals surface area (Å²) in [6, 6.07) is 10.6. The molecule has 1 aromatic carbocycles. The molecule has 1 aliphatic heterocycles. The van der Waals surface area contributed by atoms with Crippen molar-refractivity contribution < 1.29 is 9.53 Å². The minimum Gasteiger partial charge on any atom is -0.379 e. The number of hydrogen-bond donors (Lipinski definition) is 3. The van der Waals surface area contributed by atoms with E-state index in [0.717, 1.165) is 52.1 Å². The molecule has 3 N–H and O–H groups in total. The summed E-state index contributed by atoms with van der Waals surface area (Å²) in [7, 11) is 1.74. The second-order valence-electron chi connectivity index (χ2n) is 7.68. The molecule has 1 aliphatic rings. The largest absolute Gasteiger partial charge is 0.379 e. The number of amides is 1. The molecule has 7 nitrogen and oxygen atoms in total. The van der Waals surface area contributed by atoms with E-state index in [2.05, 4.69) is 51.8 Å². The van der Waals surface area contributed by atoms with Gasteiger partial charge in [-0.1, -0.05) is 57.0 Å². The average Bonchev–Trinajstić information content (AvgIpc) is 2.79. The number of carbonyl (C=O) groups excluding carboxylic acids is 1. The molecule has 1 fully saturated rings. The van der Waals surface area contributed by atoms with Gasteiger partial charge in [-0.2, -0.15) is 0 Å². The van der Waals surface area contributed by atoms with Gasteiger partial charge >= 0.3 is 0 Å². The number of nitrogens with zero attached hydrogens (tertiary/aromatic N) is 2. The average molecular weight is 418 g/mol. The first kappa shape index (κ1) is 24.2. The Balaban J connectivity index is 1.75. The number of aliphatic imine (C=N–C) groups is 1. The fraction of sp³-hybridized carbons (Fsp3) is 0.652. The topological polar surface area (TPSA) is 78.0 Å². The molecule has 1 aromatic rings. The predicted octanol–water partition coefficient (Wildman–Crippen LogP) is 1.65. The smallest absolute Gasteiger partial charge is 0.239 e. The van der Waals surface area contributed by atoms with Crippen molar-refractivity contribution >= 4 is 11.9 Å². The first-order valence-electron chi connectivity index (χ1n) is 11.2. The summed E-state index contributed by atoms with van der Waals surface area (Å²) in [6.07, 6.45) is 3.13. The van der Waals surface area contributed by atoms with Crippen LogP contribution in [-0.4, -0.2) is 75.8 Å². The molecule has 1 saturated heterocycles. The molecule has 30 heavy (non-hydrogen) atoms. The maximum atomic E-state index is 12.2. The van der Waals surface area contributed by atoms with E-state index in [0.29, 0.717) is 24.5 Å². The molecule has 7 heteroatoms. The number of carbonyl (C=O) groups is 1. The zero-order chi connectivity index (χ0) is 21.6. The van der Waals surface area contributed by atoms with Crippen molar-refractivity contribution in [3.8, 4) is 0 Å². The number of nitrogens with one attached hydrogen (secondary N) is 3. The molecule has 1 amide bonds. The molecule has 0 saturated carbocycles. The molecule has 168 valence electrons. The highest BCUT2D eigenvalue weighted by molar-refractivity contribution is 5.86. The van der Waals surface area contributed by atoms with Gasteiger partial charge in [-0.05, 0) is 17.9 Å². The highest BCUT2D eigenvalue weighted by Gasteiger charge is 2.27. The van der Waals surface area contributed by atoms with Crippen LogP contribution in [0.15, 0.2) is 35.3 Å². The zero-order valence-electron chi connectivity index (χ0n) is 18.8. The predicted molar refractivity (Wildman–Crippen MR) is 123 cm³/mol. The fourth-order valence-electron chi connectivity index (χ4n) is 3.98. The fourth-order valence-corrected chi connectivity index (χ4v) is 3.98. The zero-order valence-corrected chi connectivity index (χ0v) is 18.8. The van der Waals surface area contributed by atoms with E-state index in [9.17, 15) is 4.79 Å². The second kappa shape index (κ2) is 14.0. The number of hydrogen-bond acceptors (Lipinski definition) is 4. The number of rotatable bonds is 11. The minimum atomic E-state index is -0.0291. The van der Waals surface area contributed by atoms with Crippen molar-refractivity contribution in [3.05, 3.63) is 35.9 Å².